The molecule has 2 N–H and O–H groups in total. The van der Waals surface area contributed by atoms with Crippen molar-refractivity contribution in [3.05, 3.63) is 83.2 Å². The fraction of sp³-hybridized carbons (Fsp3) is 0.136. The van der Waals surface area contributed by atoms with Crippen LogP contribution in [0.25, 0.3) is 0 Å². The standard InChI is InChI=1S/C22H19N3O3S/c23-19-11-15(6-7-18(19)14-26)13-25(22(27)17-4-2-9-24-12-17)20-5-1-3-16-8-10-29(28)21(16)20/h1-7,9,11-12,14H,8,10,13,23H2. The van der Waals surface area contributed by atoms with E-state index in [1.54, 1.807) is 41.4 Å². The van der Waals surface area contributed by atoms with E-state index in [0.29, 0.717) is 39.4 Å². The molecular weight excluding hydrogens is 386 g/mol. The number of rotatable bonds is 5. The molecule has 0 spiro atoms. The second-order valence-electron chi connectivity index (χ2n) is 6.78. The number of carbonyl (C=O) groups is 2. The average Bonchev–Trinajstić information content (AvgIpc) is 3.13. The molecule has 0 fully saturated rings. The van der Waals surface area contributed by atoms with Crippen molar-refractivity contribution < 1.29 is 13.8 Å². The summed E-state index contributed by atoms with van der Waals surface area (Å²) in [5.41, 5.74) is 9.55. The lowest BCUT2D eigenvalue weighted by Gasteiger charge is -2.25. The summed E-state index contributed by atoms with van der Waals surface area (Å²) in [6.07, 6.45) is 4.55. The van der Waals surface area contributed by atoms with Crippen LogP contribution in [0.15, 0.2) is 65.8 Å². The van der Waals surface area contributed by atoms with Gasteiger partial charge in [-0.15, -0.1) is 0 Å². The van der Waals surface area contributed by atoms with Crippen LogP contribution in [-0.2, 0) is 23.8 Å². The normalized spacial score (nSPS) is 15.0. The van der Waals surface area contributed by atoms with Crippen molar-refractivity contribution in [3.63, 3.8) is 0 Å². The number of pyridine rings is 1. The third kappa shape index (κ3) is 3.69. The molecule has 7 heteroatoms. The van der Waals surface area contributed by atoms with E-state index < -0.39 is 10.8 Å². The van der Waals surface area contributed by atoms with E-state index in [-0.39, 0.29) is 12.5 Å². The minimum absolute atomic E-state index is 0.227. The molecule has 0 bridgehead atoms. The van der Waals surface area contributed by atoms with E-state index in [0.717, 1.165) is 17.5 Å². The van der Waals surface area contributed by atoms with Gasteiger partial charge in [-0.05, 0) is 47.9 Å². The van der Waals surface area contributed by atoms with Crippen LogP contribution in [0, 0.1) is 0 Å². The minimum atomic E-state index is -1.15. The van der Waals surface area contributed by atoms with Crippen LogP contribution < -0.4 is 10.6 Å². The van der Waals surface area contributed by atoms with Crippen LogP contribution >= 0.6 is 0 Å². The molecule has 4 rings (SSSR count). The van der Waals surface area contributed by atoms with E-state index in [9.17, 15) is 13.8 Å². The third-order valence-electron chi connectivity index (χ3n) is 4.92. The number of nitrogens with two attached hydrogens (primary N) is 1. The molecule has 6 nitrogen and oxygen atoms in total. The summed E-state index contributed by atoms with van der Waals surface area (Å²) in [6.45, 7) is 0.227. The van der Waals surface area contributed by atoms with E-state index >= 15 is 0 Å². The highest BCUT2D eigenvalue weighted by Gasteiger charge is 2.28. The number of anilines is 2. The molecule has 1 aliphatic heterocycles. The predicted octanol–water partition coefficient (Wildman–Crippen LogP) is 2.99. The van der Waals surface area contributed by atoms with Crippen LogP contribution in [0.3, 0.4) is 0 Å². The zero-order valence-corrected chi connectivity index (χ0v) is 16.4. The number of benzene rings is 2. The van der Waals surface area contributed by atoms with E-state index in [4.69, 9.17) is 5.73 Å². The number of hydrogen-bond acceptors (Lipinski definition) is 5. The highest BCUT2D eigenvalue weighted by Crippen LogP contribution is 2.34. The zero-order chi connectivity index (χ0) is 20.4. The topological polar surface area (TPSA) is 93.4 Å². The van der Waals surface area contributed by atoms with Gasteiger partial charge in [0.1, 0.15) is 0 Å². The second-order valence-corrected chi connectivity index (χ2v) is 8.29. The number of aryl methyl sites for hydroxylation is 1. The SMILES string of the molecule is Nc1cc(CN(C(=O)c2cccnc2)c2cccc3c2S(=O)CC3)ccc1C=O. The number of fused-ring (bicyclic) bond motifs is 1. The van der Waals surface area contributed by atoms with Crippen LogP contribution in [0.2, 0.25) is 0 Å². The third-order valence-corrected chi connectivity index (χ3v) is 6.43. The summed E-state index contributed by atoms with van der Waals surface area (Å²) in [5, 5.41) is 0. The van der Waals surface area contributed by atoms with E-state index in [2.05, 4.69) is 4.98 Å². The van der Waals surface area contributed by atoms with Gasteiger partial charge in [0.15, 0.2) is 6.29 Å². The quantitative estimate of drug-likeness (QED) is 0.520. The van der Waals surface area contributed by atoms with Gasteiger partial charge < -0.3 is 10.6 Å². The maximum absolute atomic E-state index is 13.4. The smallest absolute Gasteiger partial charge is 0.260 e. The van der Waals surface area contributed by atoms with E-state index in [1.807, 2.05) is 18.2 Å². The fourth-order valence-corrected chi connectivity index (χ4v) is 4.96. The average molecular weight is 405 g/mol. The number of carbonyl (C=O) groups excluding carboxylic acids is 2. The van der Waals surface area contributed by atoms with Gasteiger partial charge in [0.2, 0.25) is 0 Å². The number of aldehydes is 1. The molecule has 1 aliphatic rings. The van der Waals surface area contributed by atoms with Gasteiger partial charge in [-0.25, -0.2) is 0 Å². The molecule has 1 unspecified atom stereocenters. The van der Waals surface area contributed by atoms with Gasteiger partial charge in [0.25, 0.3) is 5.91 Å². The van der Waals surface area contributed by atoms with Crippen molar-refractivity contribution >= 4 is 34.4 Å². The lowest BCUT2D eigenvalue weighted by atomic mass is 10.1. The molecule has 2 aromatic carbocycles. The largest absolute Gasteiger partial charge is 0.398 e. The Labute approximate surface area is 170 Å². The molecule has 2 heterocycles. The first-order valence-electron chi connectivity index (χ1n) is 9.14. The number of aromatic nitrogens is 1. The summed E-state index contributed by atoms with van der Waals surface area (Å²) in [6, 6.07) is 14.1. The number of amides is 1. The van der Waals surface area contributed by atoms with Gasteiger partial charge in [-0.2, -0.15) is 0 Å². The van der Waals surface area contributed by atoms with Crippen molar-refractivity contribution in [3.8, 4) is 0 Å². The monoisotopic (exact) mass is 405 g/mol. The molecule has 146 valence electrons. The van der Waals surface area contributed by atoms with Crippen molar-refractivity contribution in [2.24, 2.45) is 0 Å². The Morgan fingerprint density at radius 3 is 2.79 bits per heavy atom. The zero-order valence-electron chi connectivity index (χ0n) is 15.6. The molecule has 1 aromatic heterocycles. The van der Waals surface area contributed by atoms with Crippen molar-refractivity contribution in [2.45, 2.75) is 17.9 Å². The van der Waals surface area contributed by atoms with Gasteiger partial charge in [-0.1, -0.05) is 18.2 Å². The Kier molecular flexibility index (Phi) is 5.22. The van der Waals surface area contributed by atoms with E-state index in [1.165, 1.54) is 6.20 Å². The van der Waals surface area contributed by atoms with Crippen molar-refractivity contribution in [2.75, 3.05) is 16.4 Å². The summed E-state index contributed by atoms with van der Waals surface area (Å²) >= 11 is 0. The molecule has 29 heavy (non-hydrogen) atoms. The molecule has 0 saturated heterocycles. The predicted molar refractivity (Wildman–Crippen MR) is 112 cm³/mol. The molecule has 1 amide bonds. The van der Waals surface area contributed by atoms with Crippen molar-refractivity contribution in [1.29, 1.82) is 0 Å². The summed E-state index contributed by atoms with van der Waals surface area (Å²) in [4.78, 5) is 30.8. The highest BCUT2D eigenvalue weighted by molar-refractivity contribution is 7.85. The van der Waals surface area contributed by atoms with Crippen LogP contribution in [0.1, 0.15) is 31.8 Å². The molecular formula is C22H19N3O3S. The Morgan fingerprint density at radius 1 is 1.21 bits per heavy atom. The number of nitrogens with zero attached hydrogens (tertiary/aromatic N) is 2. The Bertz CT molecular complexity index is 1120. The number of nitrogen functional groups attached to an aromatic ring is 1. The molecule has 0 aliphatic carbocycles. The lowest BCUT2D eigenvalue weighted by molar-refractivity contribution is 0.0983. The van der Waals surface area contributed by atoms with Gasteiger partial charge in [0.05, 0.1) is 33.5 Å². The first-order chi connectivity index (χ1) is 14.1. The molecule has 0 saturated carbocycles. The summed E-state index contributed by atoms with van der Waals surface area (Å²) in [5.74, 6) is 0.316. The summed E-state index contributed by atoms with van der Waals surface area (Å²) in [7, 11) is -1.15. The van der Waals surface area contributed by atoms with Crippen molar-refractivity contribution in [1.82, 2.24) is 4.98 Å². The first kappa shape index (κ1) is 19.0. The fourth-order valence-electron chi connectivity index (χ4n) is 3.47. The minimum Gasteiger partial charge on any atom is -0.398 e. The maximum Gasteiger partial charge on any atom is 0.260 e. The van der Waals surface area contributed by atoms with Crippen LogP contribution in [0.5, 0.6) is 0 Å². The Hall–Kier alpha value is -3.32. The molecule has 0 radical (unpaired) electrons. The summed E-state index contributed by atoms with van der Waals surface area (Å²) < 4.78 is 12.6. The lowest BCUT2D eigenvalue weighted by Crippen LogP contribution is -2.31. The molecule has 1 atom stereocenters. The highest BCUT2D eigenvalue weighted by atomic mass is 32.2. The first-order valence-corrected chi connectivity index (χ1v) is 10.5. The van der Waals surface area contributed by atoms with Crippen LogP contribution in [0.4, 0.5) is 11.4 Å². The Balaban J connectivity index is 1.80. The number of hydrogen-bond donors (Lipinski definition) is 1. The van der Waals surface area contributed by atoms with Gasteiger partial charge in [0, 0.05) is 29.4 Å². The molecule has 3 aromatic rings. The Morgan fingerprint density at radius 2 is 2.07 bits per heavy atom. The second kappa shape index (κ2) is 7.97. The van der Waals surface area contributed by atoms with Gasteiger partial charge >= 0.3 is 0 Å². The maximum atomic E-state index is 13.4. The van der Waals surface area contributed by atoms with Crippen LogP contribution in [-0.4, -0.2) is 27.1 Å². The van der Waals surface area contributed by atoms with Gasteiger partial charge in [-0.3, -0.25) is 18.8 Å².